The number of carbonyl (C=O) groups excluding carboxylic acids is 2. The van der Waals surface area contributed by atoms with Gasteiger partial charge in [0.25, 0.3) is 0 Å². The third kappa shape index (κ3) is 3.60. The first-order chi connectivity index (χ1) is 13.0. The van der Waals surface area contributed by atoms with E-state index < -0.39 is 17.9 Å². The molecule has 1 aliphatic carbocycles. The van der Waals surface area contributed by atoms with Crippen LogP contribution in [0.25, 0.3) is 0 Å². The van der Waals surface area contributed by atoms with Crippen LogP contribution in [0.15, 0.2) is 30.3 Å². The SMILES string of the molecule is CC1CN(C(=O)[C@H]2NCC3(CC3)C[C@@H]2C(=O)NO)CCC1c1ccccc1. The number of amides is 2. The Hall–Kier alpha value is -1.92. The normalized spacial score (nSPS) is 32.1. The monoisotopic (exact) mass is 371 g/mol. The number of hydroxylamine groups is 1. The Morgan fingerprint density at radius 1 is 1.26 bits per heavy atom. The fourth-order valence-electron chi connectivity index (χ4n) is 5.01. The van der Waals surface area contributed by atoms with Gasteiger partial charge in [-0.15, -0.1) is 0 Å². The Kier molecular flexibility index (Phi) is 4.95. The van der Waals surface area contributed by atoms with Crippen molar-refractivity contribution in [3.8, 4) is 0 Å². The summed E-state index contributed by atoms with van der Waals surface area (Å²) in [6.45, 7) is 4.39. The highest BCUT2D eigenvalue weighted by molar-refractivity contribution is 5.90. The molecule has 1 saturated carbocycles. The molecule has 2 amide bonds. The molecule has 2 unspecified atom stereocenters. The largest absolute Gasteiger partial charge is 0.341 e. The number of nitrogens with one attached hydrogen (secondary N) is 2. The lowest BCUT2D eigenvalue weighted by molar-refractivity contribution is -0.146. The molecular weight excluding hydrogens is 342 g/mol. The van der Waals surface area contributed by atoms with Crippen LogP contribution in [0, 0.1) is 17.3 Å². The van der Waals surface area contributed by atoms with Crippen LogP contribution in [-0.4, -0.2) is 47.6 Å². The average molecular weight is 371 g/mol. The molecule has 3 aliphatic rings. The van der Waals surface area contributed by atoms with Crippen molar-refractivity contribution >= 4 is 11.8 Å². The van der Waals surface area contributed by atoms with Crippen molar-refractivity contribution in [2.24, 2.45) is 17.3 Å². The van der Waals surface area contributed by atoms with Crippen LogP contribution < -0.4 is 10.8 Å². The van der Waals surface area contributed by atoms with Crippen molar-refractivity contribution in [2.45, 2.75) is 44.6 Å². The fourth-order valence-corrected chi connectivity index (χ4v) is 5.01. The lowest BCUT2D eigenvalue weighted by atomic mass is 9.79. The quantitative estimate of drug-likeness (QED) is 0.560. The molecule has 2 aliphatic heterocycles. The molecule has 6 nitrogen and oxygen atoms in total. The van der Waals surface area contributed by atoms with Crippen molar-refractivity contribution in [1.29, 1.82) is 0 Å². The Morgan fingerprint density at radius 3 is 2.63 bits per heavy atom. The Labute approximate surface area is 160 Å². The second-order valence-electron chi connectivity index (χ2n) is 8.71. The zero-order valence-corrected chi connectivity index (χ0v) is 15.9. The summed E-state index contributed by atoms with van der Waals surface area (Å²) in [5.41, 5.74) is 3.26. The van der Waals surface area contributed by atoms with E-state index >= 15 is 0 Å². The summed E-state index contributed by atoms with van der Waals surface area (Å²) in [5.74, 6) is -0.119. The van der Waals surface area contributed by atoms with Gasteiger partial charge in [0.1, 0.15) is 0 Å². The molecular formula is C21H29N3O3. The lowest BCUT2D eigenvalue weighted by Crippen LogP contribution is -2.60. The van der Waals surface area contributed by atoms with Crippen LogP contribution in [0.1, 0.15) is 44.1 Å². The topological polar surface area (TPSA) is 81.7 Å². The molecule has 27 heavy (non-hydrogen) atoms. The number of benzene rings is 1. The number of hydrogen-bond donors (Lipinski definition) is 3. The van der Waals surface area contributed by atoms with Crippen LogP contribution in [0.5, 0.6) is 0 Å². The van der Waals surface area contributed by atoms with Gasteiger partial charge in [-0.3, -0.25) is 14.8 Å². The van der Waals surface area contributed by atoms with E-state index in [0.29, 0.717) is 31.3 Å². The molecule has 4 rings (SSSR count). The number of hydrogen-bond acceptors (Lipinski definition) is 4. The third-order valence-corrected chi connectivity index (χ3v) is 6.87. The van der Waals surface area contributed by atoms with E-state index in [1.165, 1.54) is 5.56 Å². The highest BCUT2D eigenvalue weighted by atomic mass is 16.5. The summed E-state index contributed by atoms with van der Waals surface area (Å²) in [7, 11) is 0. The van der Waals surface area contributed by atoms with E-state index in [0.717, 1.165) is 25.8 Å². The van der Waals surface area contributed by atoms with Crippen LogP contribution in [-0.2, 0) is 9.59 Å². The maximum atomic E-state index is 13.2. The molecule has 0 bridgehead atoms. The summed E-state index contributed by atoms with van der Waals surface area (Å²) < 4.78 is 0. The maximum absolute atomic E-state index is 13.2. The van der Waals surface area contributed by atoms with Crippen LogP contribution in [0.4, 0.5) is 0 Å². The second-order valence-corrected chi connectivity index (χ2v) is 8.71. The van der Waals surface area contributed by atoms with Gasteiger partial charge in [0, 0.05) is 19.6 Å². The van der Waals surface area contributed by atoms with Crippen molar-refractivity contribution in [2.75, 3.05) is 19.6 Å². The van der Waals surface area contributed by atoms with Gasteiger partial charge in [0.05, 0.1) is 12.0 Å². The van der Waals surface area contributed by atoms with Crippen LogP contribution in [0.3, 0.4) is 0 Å². The van der Waals surface area contributed by atoms with Gasteiger partial charge in [0.15, 0.2) is 0 Å². The van der Waals surface area contributed by atoms with Crippen LogP contribution >= 0.6 is 0 Å². The smallest absolute Gasteiger partial charge is 0.248 e. The Balaban J connectivity index is 1.44. The maximum Gasteiger partial charge on any atom is 0.248 e. The molecule has 2 saturated heterocycles. The van der Waals surface area contributed by atoms with Gasteiger partial charge < -0.3 is 10.2 Å². The van der Waals surface area contributed by atoms with E-state index in [9.17, 15) is 9.59 Å². The average Bonchev–Trinajstić information content (AvgIpc) is 3.46. The summed E-state index contributed by atoms with van der Waals surface area (Å²) in [6, 6.07) is 9.95. The molecule has 1 spiro atoms. The summed E-state index contributed by atoms with van der Waals surface area (Å²) in [4.78, 5) is 27.3. The predicted octanol–water partition coefficient (Wildman–Crippen LogP) is 1.90. The molecule has 4 atom stereocenters. The predicted molar refractivity (Wildman–Crippen MR) is 101 cm³/mol. The van der Waals surface area contributed by atoms with Gasteiger partial charge in [-0.2, -0.15) is 0 Å². The van der Waals surface area contributed by atoms with E-state index in [2.05, 4.69) is 36.5 Å². The van der Waals surface area contributed by atoms with E-state index in [4.69, 9.17) is 5.21 Å². The summed E-state index contributed by atoms with van der Waals surface area (Å²) in [6.07, 6.45) is 3.80. The molecule has 2 heterocycles. The van der Waals surface area contributed by atoms with E-state index in [1.807, 2.05) is 11.0 Å². The number of nitrogens with zero attached hydrogens (tertiary/aromatic N) is 1. The molecule has 3 fully saturated rings. The second kappa shape index (κ2) is 7.24. The van der Waals surface area contributed by atoms with Crippen molar-refractivity contribution in [3.05, 3.63) is 35.9 Å². The first kappa shape index (κ1) is 18.4. The lowest BCUT2D eigenvalue weighted by Gasteiger charge is -2.42. The minimum Gasteiger partial charge on any atom is -0.341 e. The van der Waals surface area contributed by atoms with Crippen molar-refractivity contribution in [1.82, 2.24) is 15.7 Å². The third-order valence-electron chi connectivity index (χ3n) is 6.87. The van der Waals surface area contributed by atoms with Crippen molar-refractivity contribution < 1.29 is 14.8 Å². The van der Waals surface area contributed by atoms with Crippen molar-refractivity contribution in [3.63, 3.8) is 0 Å². The minimum absolute atomic E-state index is 0.00235. The molecule has 3 N–H and O–H groups in total. The van der Waals surface area contributed by atoms with Gasteiger partial charge in [-0.1, -0.05) is 37.3 Å². The Morgan fingerprint density at radius 2 is 2.00 bits per heavy atom. The molecule has 0 aromatic heterocycles. The first-order valence-electron chi connectivity index (χ1n) is 10.0. The fraction of sp³-hybridized carbons (Fsp3) is 0.619. The number of carbonyl (C=O) groups is 2. The summed E-state index contributed by atoms with van der Waals surface area (Å²) >= 11 is 0. The molecule has 146 valence electrons. The molecule has 1 aromatic rings. The summed E-state index contributed by atoms with van der Waals surface area (Å²) in [5, 5.41) is 12.5. The molecule has 0 radical (unpaired) electrons. The van der Waals surface area contributed by atoms with E-state index in [1.54, 1.807) is 5.48 Å². The number of likely N-dealkylation sites (tertiary alicyclic amines) is 1. The standard InChI is InChI=1S/C21H29N3O3/c1-14-12-24(10-7-16(14)15-5-3-2-4-6-15)20(26)18-17(19(25)23-27)11-21(8-9-21)13-22-18/h2-6,14,16-18,22,27H,7-13H2,1H3,(H,23,25)/t14?,16?,17-,18-/m0/s1. The van der Waals surface area contributed by atoms with Gasteiger partial charge in [-0.05, 0) is 48.5 Å². The molecule has 1 aromatic carbocycles. The highest BCUT2D eigenvalue weighted by Crippen LogP contribution is 2.52. The van der Waals surface area contributed by atoms with Gasteiger partial charge in [-0.25, -0.2) is 5.48 Å². The zero-order chi connectivity index (χ0) is 19.0. The van der Waals surface area contributed by atoms with Crippen LogP contribution in [0.2, 0.25) is 0 Å². The van der Waals surface area contributed by atoms with Gasteiger partial charge in [0.2, 0.25) is 11.8 Å². The van der Waals surface area contributed by atoms with Gasteiger partial charge >= 0.3 is 0 Å². The molecule has 6 heteroatoms. The Bertz CT molecular complexity index is 704. The zero-order valence-electron chi connectivity index (χ0n) is 15.9. The highest BCUT2D eigenvalue weighted by Gasteiger charge is 2.53. The van der Waals surface area contributed by atoms with E-state index in [-0.39, 0.29) is 11.3 Å². The number of rotatable bonds is 3. The first-order valence-corrected chi connectivity index (χ1v) is 10.0. The number of piperidine rings is 2. The minimum atomic E-state index is -0.538.